The molecule has 0 heterocycles. The summed E-state index contributed by atoms with van der Waals surface area (Å²) in [6, 6.07) is 3.87. The molecule has 0 saturated heterocycles. The van der Waals surface area contributed by atoms with Crippen molar-refractivity contribution in [2.45, 2.75) is 26.4 Å². The monoisotopic (exact) mass is 299 g/mol. The summed E-state index contributed by atoms with van der Waals surface area (Å²) in [6.07, 6.45) is -0.806. The normalized spacial score (nSPS) is 10.8. The first-order chi connectivity index (χ1) is 9.10. The second kappa shape index (κ2) is 5.92. The number of aliphatic carboxylic acids is 1. The van der Waals surface area contributed by atoms with Gasteiger partial charge in [-0.25, -0.2) is 9.59 Å². The fourth-order valence-electron chi connectivity index (χ4n) is 1.35. The molecule has 0 aromatic heterocycles. The van der Waals surface area contributed by atoms with Gasteiger partial charge in [-0.2, -0.15) is 0 Å². The Morgan fingerprint density at radius 1 is 1.25 bits per heavy atom. The first kappa shape index (κ1) is 16.0. The summed E-state index contributed by atoms with van der Waals surface area (Å²) in [7, 11) is 0. The third kappa shape index (κ3) is 4.55. The van der Waals surface area contributed by atoms with Gasteiger partial charge in [0.1, 0.15) is 5.60 Å². The molecule has 2 N–H and O–H groups in total. The van der Waals surface area contributed by atoms with Gasteiger partial charge in [-0.1, -0.05) is 11.6 Å². The molecule has 7 heteroatoms. The summed E-state index contributed by atoms with van der Waals surface area (Å²) in [5.74, 6) is -2.77. The molecular formula is C13H14ClNO5. The molecule has 0 aliphatic heterocycles. The number of nitrogens with one attached hydrogen (secondary N) is 1. The average Bonchev–Trinajstić information content (AvgIpc) is 2.25. The van der Waals surface area contributed by atoms with Gasteiger partial charge in [0, 0.05) is 5.02 Å². The number of carbonyl (C=O) groups excluding carboxylic acids is 2. The summed E-state index contributed by atoms with van der Waals surface area (Å²) in [5, 5.41) is 11.3. The Labute approximate surface area is 120 Å². The van der Waals surface area contributed by atoms with Crippen LogP contribution in [0.4, 0.5) is 10.5 Å². The van der Waals surface area contributed by atoms with E-state index in [2.05, 4.69) is 5.32 Å². The fraction of sp³-hybridized carbons (Fsp3) is 0.308. The first-order valence-corrected chi connectivity index (χ1v) is 6.05. The summed E-state index contributed by atoms with van der Waals surface area (Å²) in [4.78, 5) is 33.9. The molecule has 0 radical (unpaired) electrons. The maximum atomic E-state index is 11.6. The average molecular weight is 300 g/mol. The molecule has 0 saturated carbocycles. The third-order valence-electron chi connectivity index (χ3n) is 2.06. The molecule has 1 aromatic rings. The summed E-state index contributed by atoms with van der Waals surface area (Å²) >= 11 is 5.77. The number of anilines is 1. The van der Waals surface area contributed by atoms with Gasteiger partial charge in [0.05, 0.1) is 11.3 Å². The molecule has 20 heavy (non-hydrogen) atoms. The van der Waals surface area contributed by atoms with Gasteiger partial charge in [-0.3, -0.25) is 10.1 Å². The quantitative estimate of drug-likeness (QED) is 0.661. The minimum Gasteiger partial charge on any atom is -0.475 e. The van der Waals surface area contributed by atoms with E-state index in [1.165, 1.54) is 18.2 Å². The Morgan fingerprint density at radius 2 is 1.85 bits per heavy atom. The Bertz CT molecular complexity index is 562. The predicted octanol–water partition coefficient (Wildman–Crippen LogP) is 2.95. The van der Waals surface area contributed by atoms with E-state index in [0.29, 0.717) is 0 Å². The van der Waals surface area contributed by atoms with Gasteiger partial charge in [-0.05, 0) is 39.0 Å². The van der Waals surface area contributed by atoms with E-state index in [0.717, 1.165) is 0 Å². The summed E-state index contributed by atoms with van der Waals surface area (Å²) in [5.41, 5.74) is -0.911. The molecule has 0 aliphatic rings. The number of carboxylic acids is 1. The second-order valence-electron chi connectivity index (χ2n) is 4.95. The van der Waals surface area contributed by atoms with E-state index in [1.807, 2.05) is 0 Å². The minimum atomic E-state index is -1.63. The van der Waals surface area contributed by atoms with Gasteiger partial charge in [0.25, 0.3) is 5.78 Å². The Kier molecular flexibility index (Phi) is 4.73. The number of benzene rings is 1. The van der Waals surface area contributed by atoms with Crippen LogP contribution in [-0.2, 0) is 9.53 Å². The SMILES string of the molecule is CC(C)(C)OC(=O)Nc1cc(Cl)ccc1C(=O)C(=O)O. The van der Waals surface area contributed by atoms with Crippen LogP contribution in [0.2, 0.25) is 5.02 Å². The lowest BCUT2D eigenvalue weighted by Crippen LogP contribution is -2.28. The number of carboxylic acid groups (broad SMARTS) is 1. The predicted molar refractivity (Wildman–Crippen MR) is 73.3 cm³/mol. The van der Waals surface area contributed by atoms with Crippen molar-refractivity contribution in [2.24, 2.45) is 0 Å². The molecule has 6 nitrogen and oxygen atoms in total. The number of Topliss-reactive ketones (excluding diaryl/α,β-unsaturated/α-hetero) is 1. The molecule has 0 spiro atoms. The molecule has 0 aliphatic carbocycles. The number of amides is 1. The second-order valence-corrected chi connectivity index (χ2v) is 5.39. The largest absolute Gasteiger partial charge is 0.475 e. The molecule has 1 amide bonds. The number of ether oxygens (including phenoxy) is 1. The van der Waals surface area contributed by atoms with Crippen molar-refractivity contribution < 1.29 is 24.2 Å². The zero-order valence-electron chi connectivity index (χ0n) is 11.2. The number of hydrogen-bond donors (Lipinski definition) is 2. The Morgan fingerprint density at radius 3 is 2.35 bits per heavy atom. The van der Waals surface area contributed by atoms with E-state index in [9.17, 15) is 14.4 Å². The van der Waals surface area contributed by atoms with E-state index in [4.69, 9.17) is 21.4 Å². The minimum absolute atomic E-state index is 0.0147. The van der Waals surface area contributed by atoms with Crippen LogP contribution in [0, 0.1) is 0 Å². The van der Waals surface area contributed by atoms with Crippen LogP contribution in [0.3, 0.4) is 0 Å². The molecule has 0 bridgehead atoms. The highest BCUT2D eigenvalue weighted by atomic mass is 35.5. The lowest BCUT2D eigenvalue weighted by Gasteiger charge is -2.20. The Hall–Kier alpha value is -2.08. The van der Waals surface area contributed by atoms with Crippen molar-refractivity contribution in [3.8, 4) is 0 Å². The number of rotatable bonds is 3. The topological polar surface area (TPSA) is 92.7 Å². The van der Waals surface area contributed by atoms with Crippen molar-refractivity contribution >= 4 is 35.1 Å². The van der Waals surface area contributed by atoms with Gasteiger partial charge >= 0.3 is 12.1 Å². The van der Waals surface area contributed by atoms with Gasteiger partial charge in [-0.15, -0.1) is 0 Å². The highest BCUT2D eigenvalue weighted by Crippen LogP contribution is 2.22. The number of halogens is 1. The highest BCUT2D eigenvalue weighted by Gasteiger charge is 2.22. The molecule has 1 rings (SSSR count). The standard InChI is InChI=1S/C13H14ClNO5/c1-13(2,3)20-12(19)15-9-6-7(14)4-5-8(9)10(16)11(17)18/h4-6H,1-3H3,(H,15,19)(H,17,18). The smallest absolute Gasteiger partial charge is 0.412 e. The maximum Gasteiger partial charge on any atom is 0.412 e. The molecule has 0 unspecified atom stereocenters. The third-order valence-corrected chi connectivity index (χ3v) is 2.29. The van der Waals surface area contributed by atoms with Crippen LogP contribution in [-0.4, -0.2) is 28.6 Å². The highest BCUT2D eigenvalue weighted by molar-refractivity contribution is 6.41. The van der Waals surface area contributed by atoms with E-state index in [-0.39, 0.29) is 16.3 Å². The number of carbonyl (C=O) groups is 3. The number of ketones is 1. The summed E-state index contributed by atoms with van der Waals surface area (Å²) < 4.78 is 5.02. The zero-order valence-corrected chi connectivity index (χ0v) is 11.9. The maximum absolute atomic E-state index is 11.6. The van der Waals surface area contributed by atoms with E-state index in [1.54, 1.807) is 20.8 Å². The molecule has 0 fully saturated rings. The molecule has 1 aromatic carbocycles. The lowest BCUT2D eigenvalue weighted by atomic mass is 10.1. The van der Waals surface area contributed by atoms with Gasteiger partial charge in [0.15, 0.2) is 0 Å². The molecular weight excluding hydrogens is 286 g/mol. The number of hydrogen-bond acceptors (Lipinski definition) is 4. The Balaban J connectivity index is 3.05. The van der Waals surface area contributed by atoms with E-state index >= 15 is 0 Å². The van der Waals surface area contributed by atoms with Crippen LogP contribution >= 0.6 is 11.6 Å². The van der Waals surface area contributed by atoms with Gasteiger partial charge < -0.3 is 9.84 Å². The van der Waals surface area contributed by atoms with E-state index < -0.39 is 23.4 Å². The van der Waals surface area contributed by atoms with Crippen LogP contribution in [0.25, 0.3) is 0 Å². The van der Waals surface area contributed by atoms with Crippen LogP contribution in [0.5, 0.6) is 0 Å². The first-order valence-electron chi connectivity index (χ1n) is 5.67. The van der Waals surface area contributed by atoms with Crippen molar-refractivity contribution in [3.05, 3.63) is 28.8 Å². The zero-order chi connectivity index (χ0) is 15.5. The van der Waals surface area contributed by atoms with Gasteiger partial charge in [0.2, 0.25) is 0 Å². The van der Waals surface area contributed by atoms with Crippen molar-refractivity contribution in [2.75, 3.05) is 5.32 Å². The van der Waals surface area contributed by atoms with Crippen LogP contribution < -0.4 is 5.32 Å². The molecule has 108 valence electrons. The molecule has 0 atom stereocenters. The van der Waals surface area contributed by atoms with Crippen LogP contribution in [0.1, 0.15) is 31.1 Å². The van der Waals surface area contributed by atoms with Crippen molar-refractivity contribution in [1.29, 1.82) is 0 Å². The van der Waals surface area contributed by atoms with Crippen molar-refractivity contribution in [1.82, 2.24) is 0 Å². The van der Waals surface area contributed by atoms with Crippen LogP contribution in [0.15, 0.2) is 18.2 Å². The fourth-order valence-corrected chi connectivity index (χ4v) is 1.52. The van der Waals surface area contributed by atoms with Crippen molar-refractivity contribution in [3.63, 3.8) is 0 Å². The summed E-state index contributed by atoms with van der Waals surface area (Å²) in [6.45, 7) is 5.02. The lowest BCUT2D eigenvalue weighted by molar-refractivity contribution is -0.131.